The van der Waals surface area contributed by atoms with Crippen LogP contribution in [0.3, 0.4) is 0 Å². The molecule has 0 fully saturated rings. The summed E-state index contributed by atoms with van der Waals surface area (Å²) in [5.41, 5.74) is -1.31. The number of benzene rings is 3. The molecule has 3 aromatic rings. The molecule has 14 heteroatoms. The van der Waals surface area contributed by atoms with Crippen LogP contribution in [-0.4, -0.2) is 66.8 Å². The molecule has 0 spiro atoms. The van der Waals surface area contributed by atoms with Gasteiger partial charge in [0.15, 0.2) is 0 Å². The van der Waals surface area contributed by atoms with E-state index in [4.69, 9.17) is 25.5 Å². The van der Waals surface area contributed by atoms with Gasteiger partial charge in [-0.2, -0.15) is 0 Å². The van der Waals surface area contributed by atoms with Crippen molar-refractivity contribution >= 4 is 35.8 Å². The first-order valence-electron chi connectivity index (χ1n) is 9.53. The van der Waals surface area contributed by atoms with Gasteiger partial charge in [-0.15, -0.1) is 0 Å². The number of carboxylic acids is 6. The molecule has 0 saturated heterocycles. The van der Waals surface area contributed by atoms with E-state index in [9.17, 15) is 33.9 Å². The van der Waals surface area contributed by atoms with E-state index in [1.807, 2.05) is 0 Å². The topological polar surface area (TPSA) is 258 Å². The molecule has 0 bridgehead atoms. The number of hydrogen-bond donors (Lipinski definition) is 5. The molecule has 0 aliphatic heterocycles. The Bertz CT molecular complexity index is 1060. The van der Waals surface area contributed by atoms with Gasteiger partial charge in [0.05, 0.1) is 33.8 Å². The van der Waals surface area contributed by atoms with E-state index in [0.717, 1.165) is 0 Å². The molecule has 13 nitrogen and oxygen atoms in total. The summed E-state index contributed by atoms with van der Waals surface area (Å²) in [6.45, 7) is 0. The predicted molar refractivity (Wildman–Crippen MR) is 122 cm³/mol. The zero-order valence-electron chi connectivity index (χ0n) is 19.5. The third kappa shape index (κ3) is 11.0. The second-order valence-corrected chi connectivity index (χ2v) is 6.45. The van der Waals surface area contributed by atoms with Gasteiger partial charge in [0.25, 0.3) is 0 Å². The first-order valence-corrected chi connectivity index (χ1v) is 9.53. The van der Waals surface area contributed by atoms with Gasteiger partial charge in [-0.05, 0) is 30.3 Å². The van der Waals surface area contributed by atoms with Gasteiger partial charge in [0.2, 0.25) is 0 Å². The fourth-order valence-electron chi connectivity index (χ4n) is 2.56. The largest absolute Gasteiger partial charge is 1.00 e. The molecular formula is C24H19KO13. The van der Waals surface area contributed by atoms with E-state index in [1.165, 1.54) is 72.8 Å². The molecule has 0 aromatic heterocycles. The summed E-state index contributed by atoms with van der Waals surface area (Å²) < 4.78 is 0. The van der Waals surface area contributed by atoms with Crippen molar-refractivity contribution in [1.29, 1.82) is 0 Å². The molecule has 0 amide bonds. The van der Waals surface area contributed by atoms with Crippen LogP contribution in [-0.2, 0) is 0 Å². The van der Waals surface area contributed by atoms with Crippen LogP contribution in [0.4, 0.5) is 0 Å². The van der Waals surface area contributed by atoms with Gasteiger partial charge in [-0.1, -0.05) is 42.5 Å². The van der Waals surface area contributed by atoms with Gasteiger partial charge in [0.1, 0.15) is 0 Å². The SMILES string of the molecule is O.O=C(O)c1ccccc1C(=O)O.O=C(O)c1ccccc1C(=O)O.O=C([O-])c1ccccc1C(=O)O.[K+]. The second kappa shape index (κ2) is 17.5. The van der Waals surface area contributed by atoms with Crippen molar-refractivity contribution in [2.24, 2.45) is 0 Å². The molecule has 0 atom stereocenters. The van der Waals surface area contributed by atoms with E-state index in [0.29, 0.717) is 0 Å². The standard InChI is InChI=1S/3C8H6O4.K.H2O/c3*9-7(10)5-3-1-2-4-6(5)8(11)12;;/h3*1-4H,(H,9,10)(H,11,12);;1H2/q;;;+1;/p-1. The van der Waals surface area contributed by atoms with Crippen LogP contribution in [0, 0.1) is 0 Å². The minimum absolute atomic E-state index is 0. The van der Waals surface area contributed by atoms with Crippen molar-refractivity contribution in [3.8, 4) is 0 Å². The summed E-state index contributed by atoms with van der Waals surface area (Å²) >= 11 is 0. The third-order valence-corrected chi connectivity index (χ3v) is 4.15. The Labute approximate surface area is 256 Å². The first-order chi connectivity index (χ1) is 16.9. The number of rotatable bonds is 6. The molecule has 3 rings (SSSR count). The molecule has 0 heterocycles. The summed E-state index contributed by atoms with van der Waals surface area (Å²) in [5.74, 6) is -7.66. The Morgan fingerprint density at radius 3 is 0.711 bits per heavy atom. The van der Waals surface area contributed by atoms with Crippen molar-refractivity contribution < 1.29 is 116 Å². The molecular weight excluding hydrogens is 535 g/mol. The van der Waals surface area contributed by atoms with E-state index in [1.54, 1.807) is 0 Å². The number of carbonyl (C=O) groups excluding carboxylic acids is 1. The average Bonchev–Trinajstić information content (AvgIpc) is 2.84. The van der Waals surface area contributed by atoms with Crippen LogP contribution < -0.4 is 56.5 Å². The molecule has 3 aromatic carbocycles. The van der Waals surface area contributed by atoms with Crippen molar-refractivity contribution in [3.63, 3.8) is 0 Å². The fourth-order valence-corrected chi connectivity index (χ4v) is 2.56. The maximum atomic E-state index is 10.5. The molecule has 0 radical (unpaired) electrons. The Morgan fingerprint density at radius 1 is 0.421 bits per heavy atom. The van der Waals surface area contributed by atoms with Crippen molar-refractivity contribution in [2.45, 2.75) is 0 Å². The zero-order chi connectivity index (χ0) is 27.4. The summed E-state index contributed by atoms with van der Waals surface area (Å²) in [4.78, 5) is 62.6. The average molecular weight is 555 g/mol. The Kier molecular flexibility index (Phi) is 16.7. The maximum absolute atomic E-state index is 10.5. The van der Waals surface area contributed by atoms with E-state index in [2.05, 4.69) is 0 Å². The normalized spacial score (nSPS) is 8.84. The molecule has 38 heavy (non-hydrogen) atoms. The fraction of sp³-hybridized carbons (Fsp3) is 0. The molecule has 0 saturated carbocycles. The predicted octanol–water partition coefficient (Wildman–Crippen LogP) is -1.91. The second-order valence-electron chi connectivity index (χ2n) is 6.45. The summed E-state index contributed by atoms with van der Waals surface area (Å²) in [7, 11) is 0. The van der Waals surface area contributed by atoms with E-state index < -0.39 is 35.8 Å². The van der Waals surface area contributed by atoms with Crippen LogP contribution in [0.5, 0.6) is 0 Å². The Balaban J connectivity index is 0. The molecule has 7 N–H and O–H groups in total. The van der Waals surface area contributed by atoms with Crippen molar-refractivity contribution in [2.75, 3.05) is 0 Å². The maximum Gasteiger partial charge on any atom is 1.00 e. The molecule has 0 unspecified atom stereocenters. The molecule has 0 aliphatic carbocycles. The van der Waals surface area contributed by atoms with Crippen molar-refractivity contribution in [1.82, 2.24) is 0 Å². The minimum Gasteiger partial charge on any atom is -0.545 e. The number of aromatic carboxylic acids is 6. The summed E-state index contributed by atoms with van der Waals surface area (Å²) in [5, 5.41) is 53.1. The molecule has 194 valence electrons. The van der Waals surface area contributed by atoms with E-state index in [-0.39, 0.29) is 90.2 Å². The number of carboxylic acid groups (broad SMARTS) is 6. The van der Waals surface area contributed by atoms with Crippen LogP contribution >= 0.6 is 0 Å². The van der Waals surface area contributed by atoms with Gasteiger partial charge in [-0.25, -0.2) is 24.0 Å². The van der Waals surface area contributed by atoms with Crippen LogP contribution in [0.15, 0.2) is 72.8 Å². The van der Waals surface area contributed by atoms with Crippen molar-refractivity contribution in [3.05, 3.63) is 106 Å². The smallest absolute Gasteiger partial charge is 0.545 e. The van der Waals surface area contributed by atoms with Gasteiger partial charge < -0.3 is 40.9 Å². The summed E-state index contributed by atoms with van der Waals surface area (Å²) in [6, 6.07) is 16.3. The van der Waals surface area contributed by atoms with Gasteiger partial charge in [0, 0.05) is 5.56 Å². The van der Waals surface area contributed by atoms with E-state index >= 15 is 0 Å². The first kappa shape index (κ1) is 36.2. The summed E-state index contributed by atoms with van der Waals surface area (Å²) in [6.07, 6.45) is 0. The molecule has 0 aliphatic rings. The van der Waals surface area contributed by atoms with Crippen LogP contribution in [0.2, 0.25) is 0 Å². The quantitative estimate of drug-likeness (QED) is 0.209. The van der Waals surface area contributed by atoms with Gasteiger partial charge >= 0.3 is 81.2 Å². The number of hydrogen-bond acceptors (Lipinski definition) is 7. The Morgan fingerprint density at radius 2 is 0.579 bits per heavy atom. The monoisotopic (exact) mass is 554 g/mol. The van der Waals surface area contributed by atoms with Crippen LogP contribution in [0.25, 0.3) is 0 Å². The number of carbonyl (C=O) groups is 6. The van der Waals surface area contributed by atoms with Gasteiger partial charge in [-0.3, -0.25) is 0 Å². The zero-order valence-corrected chi connectivity index (χ0v) is 22.6. The minimum atomic E-state index is -1.48. The Hall–Kier alpha value is -3.92. The van der Waals surface area contributed by atoms with Crippen LogP contribution in [0.1, 0.15) is 62.1 Å². The third-order valence-electron chi connectivity index (χ3n) is 4.15.